The fraction of sp³-hybridized carbons (Fsp3) is 0.429. The Bertz CT molecular complexity index is 449. The molecule has 20 heavy (non-hydrogen) atoms. The Hall–Kier alpha value is -2.08. The fourth-order valence-electron chi connectivity index (χ4n) is 1.61. The number of para-hydroxylation sites is 1. The molecule has 3 N–H and O–H groups in total. The molecule has 0 aliphatic heterocycles. The van der Waals surface area contributed by atoms with Crippen molar-refractivity contribution in [1.82, 2.24) is 10.6 Å². The van der Waals surface area contributed by atoms with Gasteiger partial charge >= 0.3 is 5.97 Å². The Balaban J connectivity index is 2.22. The van der Waals surface area contributed by atoms with Crippen molar-refractivity contribution < 1.29 is 19.4 Å². The van der Waals surface area contributed by atoms with Gasteiger partial charge in [-0.15, -0.1) is 0 Å². The van der Waals surface area contributed by atoms with Crippen molar-refractivity contribution in [2.75, 3.05) is 26.2 Å². The Morgan fingerprint density at radius 3 is 2.70 bits per heavy atom. The van der Waals surface area contributed by atoms with Crippen molar-refractivity contribution in [2.45, 2.75) is 13.3 Å². The summed E-state index contributed by atoms with van der Waals surface area (Å²) in [6.45, 7) is 3.97. The van der Waals surface area contributed by atoms with Gasteiger partial charge in [0.05, 0.1) is 0 Å². The van der Waals surface area contributed by atoms with Crippen LogP contribution in [0.3, 0.4) is 0 Å². The monoisotopic (exact) mass is 280 g/mol. The summed E-state index contributed by atoms with van der Waals surface area (Å²) in [6.07, 6.45) is 0.416. The largest absolute Gasteiger partial charge is 0.491 e. The average Bonchev–Trinajstić information content (AvgIpc) is 2.43. The van der Waals surface area contributed by atoms with E-state index in [4.69, 9.17) is 9.84 Å². The van der Waals surface area contributed by atoms with Crippen LogP contribution < -0.4 is 15.4 Å². The topological polar surface area (TPSA) is 87.7 Å². The number of benzene rings is 1. The minimum atomic E-state index is -1.01. The van der Waals surface area contributed by atoms with Gasteiger partial charge in [0.25, 0.3) is 0 Å². The molecule has 0 aromatic heterocycles. The van der Waals surface area contributed by atoms with Gasteiger partial charge in [-0.05, 0) is 19.1 Å². The Labute approximate surface area is 118 Å². The van der Waals surface area contributed by atoms with Crippen molar-refractivity contribution in [3.8, 4) is 5.75 Å². The first-order chi connectivity index (χ1) is 9.65. The van der Waals surface area contributed by atoms with Crippen molar-refractivity contribution in [3.63, 3.8) is 0 Å². The van der Waals surface area contributed by atoms with E-state index in [0.29, 0.717) is 38.4 Å². The summed E-state index contributed by atoms with van der Waals surface area (Å²) >= 11 is 0. The number of rotatable bonds is 9. The molecule has 0 aliphatic carbocycles. The van der Waals surface area contributed by atoms with Gasteiger partial charge in [-0.3, -0.25) is 4.79 Å². The summed E-state index contributed by atoms with van der Waals surface area (Å²) in [7, 11) is 0. The van der Waals surface area contributed by atoms with Gasteiger partial charge in [-0.25, -0.2) is 4.79 Å². The zero-order valence-electron chi connectivity index (χ0n) is 11.5. The number of hydrogen-bond donors (Lipinski definition) is 3. The first-order valence-corrected chi connectivity index (χ1v) is 6.57. The number of carboxylic acids is 1. The van der Waals surface area contributed by atoms with Crippen LogP contribution >= 0.6 is 0 Å². The lowest BCUT2D eigenvalue weighted by atomic mass is 10.2. The van der Waals surface area contributed by atoms with Crippen LogP contribution in [0.5, 0.6) is 5.75 Å². The molecule has 110 valence electrons. The van der Waals surface area contributed by atoms with E-state index >= 15 is 0 Å². The van der Waals surface area contributed by atoms with Crippen LogP contribution in [0.25, 0.3) is 0 Å². The highest BCUT2D eigenvalue weighted by Gasteiger charge is 2.09. The number of carbonyl (C=O) groups is 2. The zero-order valence-corrected chi connectivity index (χ0v) is 11.5. The molecule has 0 radical (unpaired) electrons. The smallest absolute Gasteiger partial charge is 0.339 e. The first kappa shape index (κ1) is 16.0. The molecule has 0 saturated carbocycles. The van der Waals surface area contributed by atoms with Crippen LogP contribution in [-0.4, -0.2) is 43.2 Å². The molecule has 1 aromatic rings. The number of carbonyl (C=O) groups excluding carboxylic acids is 1. The molecule has 0 unspecified atom stereocenters. The van der Waals surface area contributed by atoms with Crippen LogP contribution in [0.15, 0.2) is 24.3 Å². The van der Waals surface area contributed by atoms with Gasteiger partial charge in [0.15, 0.2) is 0 Å². The molecule has 0 saturated heterocycles. The number of amides is 1. The highest BCUT2D eigenvalue weighted by Crippen LogP contribution is 2.17. The molecule has 0 spiro atoms. The average molecular weight is 280 g/mol. The summed E-state index contributed by atoms with van der Waals surface area (Å²) in [5, 5.41) is 14.7. The van der Waals surface area contributed by atoms with Gasteiger partial charge < -0.3 is 20.5 Å². The van der Waals surface area contributed by atoms with Crippen LogP contribution in [0.4, 0.5) is 0 Å². The minimum Gasteiger partial charge on any atom is -0.491 e. The molecule has 6 nitrogen and oxygen atoms in total. The molecular weight excluding hydrogens is 260 g/mol. The van der Waals surface area contributed by atoms with E-state index in [1.807, 2.05) is 6.92 Å². The third-order valence-electron chi connectivity index (χ3n) is 2.56. The van der Waals surface area contributed by atoms with Gasteiger partial charge in [0.2, 0.25) is 5.91 Å². The maximum absolute atomic E-state index is 11.2. The predicted octanol–water partition coefficient (Wildman–Crippen LogP) is 0.879. The third kappa shape index (κ3) is 5.71. The van der Waals surface area contributed by atoms with E-state index in [9.17, 15) is 9.59 Å². The molecular formula is C14H20N2O4. The SMILES string of the molecule is CCNC(=O)CCNCCOc1ccccc1C(=O)O. The van der Waals surface area contributed by atoms with Gasteiger partial charge in [-0.2, -0.15) is 0 Å². The molecule has 0 bridgehead atoms. The second-order valence-corrected chi connectivity index (χ2v) is 4.10. The second-order valence-electron chi connectivity index (χ2n) is 4.10. The van der Waals surface area contributed by atoms with E-state index in [1.165, 1.54) is 6.07 Å². The summed E-state index contributed by atoms with van der Waals surface area (Å²) in [4.78, 5) is 22.1. The van der Waals surface area contributed by atoms with E-state index < -0.39 is 5.97 Å². The predicted molar refractivity (Wildman–Crippen MR) is 75.1 cm³/mol. The molecule has 0 fully saturated rings. The second kappa shape index (κ2) is 8.92. The first-order valence-electron chi connectivity index (χ1n) is 6.57. The summed E-state index contributed by atoms with van der Waals surface area (Å²) in [6, 6.07) is 6.50. The van der Waals surface area contributed by atoms with Crippen LogP contribution in [0.2, 0.25) is 0 Å². The highest BCUT2D eigenvalue weighted by molar-refractivity contribution is 5.90. The van der Waals surface area contributed by atoms with E-state index in [1.54, 1.807) is 18.2 Å². The van der Waals surface area contributed by atoms with Crippen LogP contribution in [-0.2, 0) is 4.79 Å². The number of nitrogens with one attached hydrogen (secondary N) is 2. The van der Waals surface area contributed by atoms with E-state index in [-0.39, 0.29) is 11.5 Å². The van der Waals surface area contributed by atoms with Gasteiger partial charge in [0, 0.05) is 26.1 Å². The fourth-order valence-corrected chi connectivity index (χ4v) is 1.61. The third-order valence-corrected chi connectivity index (χ3v) is 2.56. The maximum atomic E-state index is 11.2. The molecule has 6 heteroatoms. The quantitative estimate of drug-likeness (QED) is 0.584. The Kier molecular flexibility index (Phi) is 7.13. The van der Waals surface area contributed by atoms with Gasteiger partial charge in [0.1, 0.15) is 17.9 Å². The Morgan fingerprint density at radius 1 is 1.25 bits per heavy atom. The summed E-state index contributed by atoms with van der Waals surface area (Å²) < 4.78 is 5.41. The standard InChI is InChI=1S/C14H20N2O4/c1-2-16-13(17)7-8-15-9-10-20-12-6-4-3-5-11(12)14(18)19/h3-6,15H,2,7-10H2,1H3,(H,16,17)(H,18,19). The van der Waals surface area contributed by atoms with Crippen molar-refractivity contribution >= 4 is 11.9 Å². The van der Waals surface area contributed by atoms with Crippen molar-refractivity contribution in [3.05, 3.63) is 29.8 Å². The van der Waals surface area contributed by atoms with Crippen LogP contribution in [0.1, 0.15) is 23.7 Å². The lowest BCUT2D eigenvalue weighted by Crippen LogP contribution is -2.29. The summed E-state index contributed by atoms with van der Waals surface area (Å²) in [5.74, 6) is -0.646. The molecule has 0 atom stereocenters. The van der Waals surface area contributed by atoms with E-state index in [2.05, 4.69) is 10.6 Å². The number of ether oxygens (including phenoxy) is 1. The van der Waals surface area contributed by atoms with Crippen LogP contribution in [0, 0.1) is 0 Å². The number of carboxylic acid groups (broad SMARTS) is 1. The zero-order chi connectivity index (χ0) is 14.8. The lowest BCUT2D eigenvalue weighted by molar-refractivity contribution is -0.120. The maximum Gasteiger partial charge on any atom is 0.339 e. The van der Waals surface area contributed by atoms with Crippen molar-refractivity contribution in [1.29, 1.82) is 0 Å². The normalized spacial score (nSPS) is 10.1. The van der Waals surface area contributed by atoms with Gasteiger partial charge in [-0.1, -0.05) is 12.1 Å². The molecule has 1 aromatic carbocycles. The number of hydrogen-bond acceptors (Lipinski definition) is 4. The summed E-state index contributed by atoms with van der Waals surface area (Å²) in [5.41, 5.74) is 0.148. The molecule has 1 amide bonds. The highest BCUT2D eigenvalue weighted by atomic mass is 16.5. The van der Waals surface area contributed by atoms with E-state index in [0.717, 1.165) is 0 Å². The lowest BCUT2D eigenvalue weighted by Gasteiger charge is -2.09. The number of aromatic carboxylic acids is 1. The molecule has 0 heterocycles. The Morgan fingerprint density at radius 2 is 2.00 bits per heavy atom. The molecule has 0 aliphatic rings. The minimum absolute atomic E-state index is 0.0112. The van der Waals surface area contributed by atoms with Crippen molar-refractivity contribution in [2.24, 2.45) is 0 Å². The molecule has 1 rings (SSSR count).